The van der Waals surface area contributed by atoms with E-state index in [0.717, 1.165) is 6.42 Å². The molecule has 1 heterocycles. The lowest BCUT2D eigenvalue weighted by Crippen LogP contribution is -2.52. The summed E-state index contributed by atoms with van der Waals surface area (Å²) in [5.74, 6) is 0.128. The monoisotopic (exact) mass is 310 g/mol. The Morgan fingerprint density at radius 2 is 2.07 bits per heavy atom. The van der Waals surface area contributed by atoms with Crippen LogP contribution in [0.2, 0.25) is 0 Å². The zero-order chi connectivity index (χ0) is 11.0. The first kappa shape index (κ1) is 12.2. The Balaban J connectivity index is 2.66. The van der Waals surface area contributed by atoms with Crippen molar-refractivity contribution < 1.29 is 4.79 Å². The molecule has 0 aromatic rings. The molecule has 1 rings (SSSR count). The van der Waals surface area contributed by atoms with Gasteiger partial charge in [-0.25, -0.2) is 0 Å². The highest BCUT2D eigenvalue weighted by Gasteiger charge is 2.44. The van der Waals surface area contributed by atoms with Crippen LogP contribution >= 0.6 is 22.6 Å². The maximum Gasteiger partial charge on any atom is 0.230 e. The average Bonchev–Trinajstić information content (AvgIpc) is 2.19. The van der Waals surface area contributed by atoms with Crippen LogP contribution in [0.15, 0.2) is 0 Å². The molecule has 1 atom stereocenters. The number of rotatable bonds is 2. The van der Waals surface area contributed by atoms with E-state index >= 15 is 0 Å². The molecule has 1 amide bonds. The first-order chi connectivity index (χ1) is 6.27. The molecule has 0 bridgehead atoms. The highest BCUT2D eigenvalue weighted by Crippen LogP contribution is 2.30. The second-order valence-electron chi connectivity index (χ2n) is 5.19. The van der Waals surface area contributed by atoms with E-state index in [4.69, 9.17) is 0 Å². The molecule has 0 aliphatic carbocycles. The Bertz CT molecular complexity index is 238. The van der Waals surface area contributed by atoms with Gasteiger partial charge >= 0.3 is 0 Å². The Kier molecular flexibility index (Phi) is 3.46. The quantitative estimate of drug-likeness (QED) is 0.599. The van der Waals surface area contributed by atoms with E-state index in [1.54, 1.807) is 0 Å². The van der Waals surface area contributed by atoms with Gasteiger partial charge in [-0.05, 0) is 34.1 Å². The summed E-state index contributed by atoms with van der Waals surface area (Å²) in [5.41, 5.74) is 0.109. The number of carbonyl (C=O) groups excluding carboxylic acids is 1. The molecular weight excluding hydrogens is 291 g/mol. The van der Waals surface area contributed by atoms with Crippen molar-refractivity contribution in [3.05, 3.63) is 0 Å². The van der Waals surface area contributed by atoms with Crippen molar-refractivity contribution in [2.24, 2.45) is 0 Å². The van der Waals surface area contributed by atoms with Gasteiger partial charge in [0.05, 0.1) is 4.43 Å². The summed E-state index contributed by atoms with van der Waals surface area (Å²) in [6.07, 6.45) is 0.988. The van der Waals surface area contributed by atoms with E-state index in [1.807, 2.05) is 0 Å². The van der Waals surface area contributed by atoms with Gasteiger partial charge in [0.1, 0.15) is 0 Å². The van der Waals surface area contributed by atoms with Crippen LogP contribution in [-0.2, 0) is 4.79 Å². The number of alkyl halides is 1. The molecule has 2 N–H and O–H groups in total. The van der Waals surface area contributed by atoms with Crippen molar-refractivity contribution in [3.63, 3.8) is 0 Å². The minimum atomic E-state index is -0.00896. The molecule has 0 spiro atoms. The van der Waals surface area contributed by atoms with E-state index in [-0.39, 0.29) is 23.0 Å². The van der Waals surface area contributed by atoms with Gasteiger partial charge in [0.2, 0.25) is 5.91 Å². The van der Waals surface area contributed by atoms with Gasteiger partial charge in [-0.2, -0.15) is 0 Å². The van der Waals surface area contributed by atoms with Crippen molar-refractivity contribution in [1.29, 1.82) is 0 Å². The molecular formula is C10H19IN2O. The lowest BCUT2D eigenvalue weighted by molar-refractivity contribution is -0.119. The minimum absolute atomic E-state index is 0.00896. The summed E-state index contributed by atoms with van der Waals surface area (Å²) in [5, 5.41) is 6.60. The standard InChI is InChI=1S/C10H19IN2O/c1-9(2)5-7(10(3,4)13-9)12-8(14)6-11/h7,13H,5-6H2,1-4H3,(H,12,14). The molecule has 0 aromatic carbocycles. The molecule has 1 unspecified atom stereocenters. The largest absolute Gasteiger partial charge is 0.351 e. The summed E-state index contributed by atoms with van der Waals surface area (Å²) in [7, 11) is 0. The number of nitrogens with one attached hydrogen (secondary N) is 2. The highest BCUT2D eigenvalue weighted by molar-refractivity contribution is 14.1. The molecule has 0 radical (unpaired) electrons. The zero-order valence-electron chi connectivity index (χ0n) is 9.28. The van der Waals surface area contributed by atoms with Gasteiger partial charge in [0.25, 0.3) is 0 Å². The van der Waals surface area contributed by atoms with Crippen LogP contribution in [0.1, 0.15) is 34.1 Å². The van der Waals surface area contributed by atoms with Gasteiger partial charge < -0.3 is 10.6 Å². The second kappa shape index (κ2) is 3.96. The SMILES string of the molecule is CC1(C)CC(NC(=O)CI)C(C)(C)N1. The van der Waals surface area contributed by atoms with Crippen LogP contribution in [0.25, 0.3) is 0 Å². The third-order valence-corrected chi connectivity index (χ3v) is 3.40. The summed E-state index contributed by atoms with van der Waals surface area (Å²) >= 11 is 2.09. The van der Waals surface area contributed by atoms with Gasteiger partial charge in [0.15, 0.2) is 0 Å². The number of hydrogen-bond acceptors (Lipinski definition) is 2. The lowest BCUT2D eigenvalue weighted by atomic mass is 9.94. The van der Waals surface area contributed by atoms with E-state index in [0.29, 0.717) is 4.43 Å². The lowest BCUT2D eigenvalue weighted by Gasteiger charge is -2.28. The Morgan fingerprint density at radius 1 is 1.50 bits per heavy atom. The van der Waals surface area contributed by atoms with Gasteiger partial charge in [-0.1, -0.05) is 22.6 Å². The summed E-state index contributed by atoms with van der Waals surface area (Å²) in [6, 6.07) is 0.236. The molecule has 0 aromatic heterocycles. The van der Waals surface area contributed by atoms with Crippen LogP contribution in [0.4, 0.5) is 0 Å². The van der Waals surface area contributed by atoms with Crippen molar-refractivity contribution in [2.45, 2.75) is 51.2 Å². The summed E-state index contributed by atoms with van der Waals surface area (Å²) in [6.45, 7) is 8.62. The van der Waals surface area contributed by atoms with Crippen LogP contribution in [0.5, 0.6) is 0 Å². The fourth-order valence-electron chi connectivity index (χ4n) is 2.24. The third kappa shape index (κ3) is 2.82. The molecule has 1 saturated heterocycles. The van der Waals surface area contributed by atoms with Gasteiger partial charge in [-0.15, -0.1) is 0 Å². The molecule has 14 heavy (non-hydrogen) atoms. The molecule has 1 fully saturated rings. The van der Waals surface area contributed by atoms with Crippen molar-refractivity contribution in [1.82, 2.24) is 10.6 Å². The van der Waals surface area contributed by atoms with E-state index in [9.17, 15) is 4.79 Å². The first-order valence-electron chi connectivity index (χ1n) is 4.91. The van der Waals surface area contributed by atoms with Crippen LogP contribution in [0.3, 0.4) is 0 Å². The topological polar surface area (TPSA) is 41.1 Å². The van der Waals surface area contributed by atoms with Crippen molar-refractivity contribution in [2.75, 3.05) is 4.43 Å². The Hall–Kier alpha value is 0.160. The second-order valence-corrected chi connectivity index (χ2v) is 5.95. The maximum absolute atomic E-state index is 11.3. The van der Waals surface area contributed by atoms with Gasteiger partial charge in [0, 0.05) is 17.1 Å². The van der Waals surface area contributed by atoms with Crippen LogP contribution in [-0.4, -0.2) is 27.5 Å². The zero-order valence-corrected chi connectivity index (χ0v) is 11.4. The molecule has 0 saturated carbocycles. The predicted molar refractivity (Wildman–Crippen MR) is 66.7 cm³/mol. The predicted octanol–water partition coefficient (Wildman–Crippen LogP) is 1.46. The number of carbonyl (C=O) groups is 1. The number of hydrogen-bond donors (Lipinski definition) is 2. The van der Waals surface area contributed by atoms with Crippen LogP contribution < -0.4 is 10.6 Å². The normalized spacial score (nSPS) is 28.8. The third-order valence-electron chi connectivity index (χ3n) is 2.70. The highest BCUT2D eigenvalue weighted by atomic mass is 127. The molecule has 82 valence electrons. The van der Waals surface area contributed by atoms with E-state index < -0.39 is 0 Å². The minimum Gasteiger partial charge on any atom is -0.351 e. The number of halogens is 1. The molecule has 1 aliphatic heterocycles. The van der Waals surface area contributed by atoms with Crippen LogP contribution in [0, 0.1) is 0 Å². The molecule has 4 heteroatoms. The van der Waals surface area contributed by atoms with Gasteiger partial charge in [-0.3, -0.25) is 4.79 Å². The van der Waals surface area contributed by atoms with E-state index in [2.05, 4.69) is 60.9 Å². The Morgan fingerprint density at radius 3 is 2.43 bits per heavy atom. The van der Waals surface area contributed by atoms with E-state index in [1.165, 1.54) is 0 Å². The first-order valence-corrected chi connectivity index (χ1v) is 6.44. The summed E-state index contributed by atoms with van der Waals surface area (Å²) < 4.78 is 0.533. The van der Waals surface area contributed by atoms with Crippen molar-refractivity contribution in [3.8, 4) is 0 Å². The smallest absolute Gasteiger partial charge is 0.230 e. The molecule has 3 nitrogen and oxygen atoms in total. The fourth-order valence-corrected chi connectivity index (χ4v) is 2.46. The summed E-state index contributed by atoms with van der Waals surface area (Å²) in [4.78, 5) is 11.3. The average molecular weight is 310 g/mol. The maximum atomic E-state index is 11.3. The number of amides is 1. The Labute approximate surface area is 99.5 Å². The molecule has 1 aliphatic rings. The fraction of sp³-hybridized carbons (Fsp3) is 0.900. The van der Waals surface area contributed by atoms with Crippen molar-refractivity contribution >= 4 is 28.5 Å².